The molecule has 0 radical (unpaired) electrons. The summed E-state index contributed by atoms with van der Waals surface area (Å²) in [6, 6.07) is 10.8. The molecule has 0 fully saturated rings. The van der Waals surface area contributed by atoms with E-state index in [1.807, 2.05) is 20.8 Å². The number of fused-ring (bicyclic) bond motifs is 2. The van der Waals surface area contributed by atoms with Crippen LogP contribution in [-0.4, -0.2) is 9.97 Å². The van der Waals surface area contributed by atoms with Crippen LogP contribution in [0.4, 0.5) is 0 Å². The number of H-pyrrole nitrogens is 1. The highest BCUT2D eigenvalue weighted by atomic mass is 14.9. The number of aromatic amines is 1. The van der Waals surface area contributed by atoms with E-state index in [0.29, 0.717) is 0 Å². The number of hydrogen-bond donors (Lipinski definition) is 1. The highest BCUT2D eigenvalue weighted by Gasteiger charge is 2.01. The fourth-order valence-corrected chi connectivity index (χ4v) is 2.00. The Hall–Kier alpha value is -1.83. The van der Waals surface area contributed by atoms with Crippen LogP contribution in [0, 0.1) is 13.8 Å². The molecule has 1 N–H and O–H groups in total. The zero-order chi connectivity index (χ0) is 12.4. The fourth-order valence-electron chi connectivity index (χ4n) is 2.00. The van der Waals surface area contributed by atoms with Gasteiger partial charge in [-0.2, -0.15) is 0 Å². The van der Waals surface area contributed by atoms with Crippen LogP contribution in [0.25, 0.3) is 21.8 Å². The molecule has 90 valence electrons. The third-order valence-corrected chi connectivity index (χ3v) is 2.71. The monoisotopic (exact) mass is 228 g/mol. The van der Waals surface area contributed by atoms with Crippen LogP contribution >= 0.6 is 0 Å². The van der Waals surface area contributed by atoms with E-state index in [2.05, 4.69) is 47.2 Å². The van der Waals surface area contributed by atoms with Crippen LogP contribution in [0.3, 0.4) is 0 Å². The molecule has 2 nitrogen and oxygen atoms in total. The third-order valence-electron chi connectivity index (χ3n) is 2.71. The summed E-state index contributed by atoms with van der Waals surface area (Å²) in [4.78, 5) is 7.69. The SMILES string of the molecule is CC.Cc1ccc2cc3nc(C)[nH]c3cc2c1.[HH]. The van der Waals surface area contributed by atoms with Crippen LogP contribution in [0.15, 0.2) is 30.3 Å². The first-order valence-corrected chi connectivity index (χ1v) is 6.09. The van der Waals surface area contributed by atoms with Gasteiger partial charge in [0.25, 0.3) is 0 Å². The number of benzene rings is 2. The Kier molecular flexibility index (Phi) is 3.14. The van der Waals surface area contributed by atoms with E-state index in [0.717, 1.165) is 16.9 Å². The Labute approximate surface area is 103 Å². The van der Waals surface area contributed by atoms with E-state index in [1.54, 1.807) is 0 Å². The summed E-state index contributed by atoms with van der Waals surface area (Å²) >= 11 is 0. The number of nitrogens with one attached hydrogen (secondary N) is 1. The second kappa shape index (κ2) is 4.58. The van der Waals surface area contributed by atoms with Crippen molar-refractivity contribution in [2.24, 2.45) is 0 Å². The molecule has 0 spiro atoms. The summed E-state index contributed by atoms with van der Waals surface area (Å²) in [6.07, 6.45) is 0. The van der Waals surface area contributed by atoms with Gasteiger partial charge < -0.3 is 4.98 Å². The summed E-state index contributed by atoms with van der Waals surface area (Å²) in [7, 11) is 0. The largest absolute Gasteiger partial charge is 0.342 e. The lowest BCUT2D eigenvalue weighted by Crippen LogP contribution is -1.76. The van der Waals surface area contributed by atoms with Gasteiger partial charge in [-0.3, -0.25) is 0 Å². The highest BCUT2D eigenvalue weighted by molar-refractivity contribution is 5.95. The minimum atomic E-state index is 0. The van der Waals surface area contributed by atoms with E-state index in [9.17, 15) is 0 Å². The molecule has 17 heavy (non-hydrogen) atoms. The van der Waals surface area contributed by atoms with Gasteiger partial charge >= 0.3 is 0 Å². The Bertz CT molecular complexity index is 656. The van der Waals surface area contributed by atoms with Crippen molar-refractivity contribution >= 4 is 21.8 Å². The maximum absolute atomic E-state index is 4.43. The standard InChI is InChI=1S/C13H12N2.C2H6.H2/c1-8-3-4-10-6-12-13(7-11(10)5-8)15-9(2)14-12;1-2;/h3-7H,1-2H3,(H,14,15);1-2H3;1H. The summed E-state index contributed by atoms with van der Waals surface area (Å²) in [5.74, 6) is 0.969. The zero-order valence-corrected chi connectivity index (χ0v) is 10.8. The average Bonchev–Trinajstić information content (AvgIpc) is 2.68. The molecule has 0 aliphatic rings. The fraction of sp³-hybridized carbons (Fsp3) is 0.267. The summed E-state index contributed by atoms with van der Waals surface area (Å²) in [6.45, 7) is 8.10. The van der Waals surface area contributed by atoms with Gasteiger partial charge in [-0.1, -0.05) is 37.6 Å². The molecule has 0 aliphatic carbocycles. The van der Waals surface area contributed by atoms with Gasteiger partial charge in [0.15, 0.2) is 0 Å². The topological polar surface area (TPSA) is 28.7 Å². The van der Waals surface area contributed by atoms with Crippen molar-refractivity contribution in [3.63, 3.8) is 0 Å². The lowest BCUT2D eigenvalue weighted by Gasteiger charge is -1.99. The normalized spacial score (nSPS) is 10.4. The Morgan fingerprint density at radius 3 is 2.53 bits per heavy atom. The molecule has 0 unspecified atom stereocenters. The van der Waals surface area contributed by atoms with Crippen LogP contribution in [0.1, 0.15) is 26.7 Å². The van der Waals surface area contributed by atoms with Crippen molar-refractivity contribution < 1.29 is 1.43 Å². The van der Waals surface area contributed by atoms with E-state index in [4.69, 9.17) is 0 Å². The Balaban J connectivity index is 0.000000516. The van der Waals surface area contributed by atoms with Crippen LogP contribution < -0.4 is 0 Å². The van der Waals surface area contributed by atoms with Crippen molar-refractivity contribution in [1.82, 2.24) is 9.97 Å². The Morgan fingerprint density at radius 2 is 1.76 bits per heavy atom. The molecule has 3 rings (SSSR count). The third kappa shape index (κ3) is 2.16. The summed E-state index contributed by atoms with van der Waals surface area (Å²) < 4.78 is 0. The van der Waals surface area contributed by atoms with Crippen molar-refractivity contribution in [2.75, 3.05) is 0 Å². The molecule has 1 aromatic heterocycles. The van der Waals surface area contributed by atoms with Gasteiger partial charge in [0.1, 0.15) is 5.82 Å². The van der Waals surface area contributed by atoms with Crippen molar-refractivity contribution in [3.05, 3.63) is 41.7 Å². The smallest absolute Gasteiger partial charge is 0.104 e. The zero-order valence-electron chi connectivity index (χ0n) is 10.8. The lowest BCUT2D eigenvalue weighted by molar-refractivity contribution is 1.17. The number of nitrogens with zero attached hydrogens (tertiary/aromatic N) is 1. The van der Waals surface area contributed by atoms with Gasteiger partial charge in [-0.25, -0.2) is 4.98 Å². The first-order chi connectivity index (χ1) is 8.22. The van der Waals surface area contributed by atoms with Gasteiger partial charge in [-0.15, -0.1) is 0 Å². The predicted octanol–water partition coefficient (Wildman–Crippen LogP) is 4.61. The van der Waals surface area contributed by atoms with Crippen LogP contribution in [-0.2, 0) is 0 Å². The number of imidazole rings is 1. The van der Waals surface area contributed by atoms with Crippen molar-refractivity contribution in [3.8, 4) is 0 Å². The maximum Gasteiger partial charge on any atom is 0.104 e. The van der Waals surface area contributed by atoms with Gasteiger partial charge in [0.05, 0.1) is 11.0 Å². The maximum atomic E-state index is 4.43. The molecular weight excluding hydrogens is 208 g/mol. The molecule has 0 saturated carbocycles. The molecular formula is C15H20N2. The van der Waals surface area contributed by atoms with Crippen molar-refractivity contribution in [2.45, 2.75) is 27.7 Å². The molecule has 0 amide bonds. The Morgan fingerprint density at radius 1 is 1.00 bits per heavy atom. The minimum Gasteiger partial charge on any atom is -0.342 e. The molecule has 0 saturated heterocycles. The predicted molar refractivity (Wildman–Crippen MR) is 76.5 cm³/mol. The van der Waals surface area contributed by atoms with Gasteiger partial charge in [0.2, 0.25) is 0 Å². The van der Waals surface area contributed by atoms with Crippen LogP contribution in [0.5, 0.6) is 0 Å². The number of hydrogen-bond acceptors (Lipinski definition) is 1. The molecule has 0 aliphatic heterocycles. The van der Waals surface area contributed by atoms with E-state index >= 15 is 0 Å². The molecule has 2 aromatic carbocycles. The summed E-state index contributed by atoms with van der Waals surface area (Å²) in [5.41, 5.74) is 3.45. The van der Waals surface area contributed by atoms with E-state index in [1.165, 1.54) is 16.3 Å². The molecule has 2 heteroatoms. The molecule has 1 heterocycles. The first-order valence-electron chi connectivity index (χ1n) is 6.09. The lowest BCUT2D eigenvalue weighted by atomic mass is 10.1. The van der Waals surface area contributed by atoms with Crippen molar-refractivity contribution in [1.29, 1.82) is 0 Å². The second-order valence-electron chi connectivity index (χ2n) is 4.04. The molecule has 3 aromatic rings. The summed E-state index contributed by atoms with van der Waals surface area (Å²) in [5, 5.41) is 2.52. The number of aromatic nitrogens is 2. The number of rotatable bonds is 0. The van der Waals surface area contributed by atoms with E-state index in [-0.39, 0.29) is 1.43 Å². The molecule has 0 bridgehead atoms. The number of aryl methyl sites for hydroxylation is 2. The molecule has 0 atom stereocenters. The highest BCUT2D eigenvalue weighted by Crippen LogP contribution is 2.22. The van der Waals surface area contributed by atoms with Gasteiger partial charge in [0, 0.05) is 1.43 Å². The van der Waals surface area contributed by atoms with E-state index < -0.39 is 0 Å². The first kappa shape index (κ1) is 11.6. The van der Waals surface area contributed by atoms with Crippen LogP contribution in [0.2, 0.25) is 0 Å². The van der Waals surface area contributed by atoms with Gasteiger partial charge in [-0.05, 0) is 36.8 Å². The quantitative estimate of drug-likeness (QED) is 0.598. The minimum absolute atomic E-state index is 0. The second-order valence-corrected chi connectivity index (χ2v) is 4.04. The average molecular weight is 228 g/mol.